The molecule has 0 bridgehead atoms. The van der Waals surface area contributed by atoms with Crippen LogP contribution in [-0.4, -0.2) is 29.5 Å². The van der Waals surface area contributed by atoms with E-state index in [0.29, 0.717) is 36.0 Å². The van der Waals surface area contributed by atoms with Crippen LogP contribution in [0.2, 0.25) is 5.02 Å². The van der Waals surface area contributed by atoms with E-state index in [-0.39, 0.29) is 18.0 Å². The standard InChI is InChI=1S/C22H26ClN3O3/c1-15(2)29-20-9-8-18(12-19(20)23)25-22(28)24-13-16-5-3-6-17(11-16)14-26-10-4-7-21(26)27/h3,5-6,8-9,11-12,15H,4,7,10,13-14H2,1-2H3,(H2,24,25,28). The molecule has 1 fully saturated rings. The molecule has 3 amide bonds. The van der Waals surface area contributed by atoms with Crippen LogP contribution < -0.4 is 15.4 Å². The van der Waals surface area contributed by atoms with Crippen LogP contribution in [-0.2, 0) is 17.9 Å². The Bertz CT molecular complexity index is 885. The second-order valence-electron chi connectivity index (χ2n) is 7.36. The van der Waals surface area contributed by atoms with Crippen molar-refractivity contribution in [2.75, 3.05) is 11.9 Å². The van der Waals surface area contributed by atoms with Crippen molar-refractivity contribution in [2.24, 2.45) is 0 Å². The number of nitrogens with zero attached hydrogens (tertiary/aromatic N) is 1. The molecule has 2 N–H and O–H groups in total. The third kappa shape index (κ3) is 6.12. The second-order valence-corrected chi connectivity index (χ2v) is 7.77. The monoisotopic (exact) mass is 415 g/mol. The number of carbonyl (C=O) groups is 2. The minimum atomic E-state index is -0.321. The van der Waals surface area contributed by atoms with Gasteiger partial charge in [-0.05, 0) is 49.6 Å². The van der Waals surface area contributed by atoms with Crippen LogP contribution in [0.5, 0.6) is 5.75 Å². The number of halogens is 1. The molecular weight excluding hydrogens is 390 g/mol. The van der Waals surface area contributed by atoms with Gasteiger partial charge in [0.15, 0.2) is 0 Å². The summed E-state index contributed by atoms with van der Waals surface area (Å²) in [7, 11) is 0. The van der Waals surface area contributed by atoms with Gasteiger partial charge in [-0.15, -0.1) is 0 Å². The largest absolute Gasteiger partial charge is 0.489 e. The van der Waals surface area contributed by atoms with E-state index >= 15 is 0 Å². The van der Waals surface area contributed by atoms with Gasteiger partial charge in [0.05, 0.1) is 11.1 Å². The third-order valence-corrected chi connectivity index (χ3v) is 4.84. The fourth-order valence-corrected chi connectivity index (χ4v) is 3.44. The molecule has 3 rings (SSSR count). The normalized spacial score (nSPS) is 13.7. The number of ether oxygens (including phenoxy) is 1. The molecule has 1 aliphatic heterocycles. The summed E-state index contributed by atoms with van der Waals surface area (Å²) in [6, 6.07) is 12.7. The lowest BCUT2D eigenvalue weighted by molar-refractivity contribution is -0.128. The van der Waals surface area contributed by atoms with Crippen LogP contribution in [0, 0.1) is 0 Å². The number of rotatable bonds is 7. The third-order valence-electron chi connectivity index (χ3n) is 4.54. The average molecular weight is 416 g/mol. The number of urea groups is 1. The maximum absolute atomic E-state index is 12.2. The van der Waals surface area contributed by atoms with Crippen LogP contribution in [0.1, 0.15) is 37.8 Å². The van der Waals surface area contributed by atoms with Gasteiger partial charge in [0.25, 0.3) is 0 Å². The van der Waals surface area contributed by atoms with Crippen LogP contribution in [0.25, 0.3) is 0 Å². The van der Waals surface area contributed by atoms with E-state index in [4.69, 9.17) is 16.3 Å². The molecule has 0 aromatic heterocycles. The van der Waals surface area contributed by atoms with E-state index in [1.54, 1.807) is 18.2 Å². The second kappa shape index (κ2) is 9.65. The molecule has 2 aromatic rings. The number of hydrogen-bond acceptors (Lipinski definition) is 3. The smallest absolute Gasteiger partial charge is 0.319 e. The molecule has 0 unspecified atom stereocenters. The molecule has 0 radical (unpaired) electrons. The molecule has 2 aromatic carbocycles. The summed E-state index contributed by atoms with van der Waals surface area (Å²) in [4.78, 5) is 25.9. The Labute approximate surface area is 176 Å². The summed E-state index contributed by atoms with van der Waals surface area (Å²) >= 11 is 6.20. The summed E-state index contributed by atoms with van der Waals surface area (Å²) in [5, 5.41) is 6.05. The van der Waals surface area contributed by atoms with Gasteiger partial charge in [0.1, 0.15) is 5.75 Å². The van der Waals surface area contributed by atoms with E-state index in [1.165, 1.54) is 0 Å². The zero-order valence-electron chi connectivity index (χ0n) is 16.7. The minimum absolute atomic E-state index is 0.0222. The highest BCUT2D eigenvalue weighted by molar-refractivity contribution is 6.32. The van der Waals surface area contributed by atoms with Crippen molar-refractivity contribution >= 4 is 29.2 Å². The Morgan fingerprint density at radius 1 is 1.21 bits per heavy atom. The van der Waals surface area contributed by atoms with Gasteiger partial charge < -0.3 is 20.3 Å². The first-order valence-corrected chi connectivity index (χ1v) is 10.1. The van der Waals surface area contributed by atoms with Gasteiger partial charge >= 0.3 is 6.03 Å². The number of nitrogens with one attached hydrogen (secondary N) is 2. The van der Waals surface area contributed by atoms with E-state index in [9.17, 15) is 9.59 Å². The van der Waals surface area contributed by atoms with Gasteiger partial charge in [-0.2, -0.15) is 0 Å². The van der Waals surface area contributed by atoms with Crippen molar-refractivity contribution in [1.82, 2.24) is 10.2 Å². The van der Waals surface area contributed by atoms with Gasteiger partial charge in [0.2, 0.25) is 5.91 Å². The zero-order valence-corrected chi connectivity index (χ0v) is 17.5. The Morgan fingerprint density at radius 3 is 2.69 bits per heavy atom. The Hall–Kier alpha value is -2.73. The Balaban J connectivity index is 1.52. The number of likely N-dealkylation sites (tertiary alicyclic amines) is 1. The predicted molar refractivity (Wildman–Crippen MR) is 114 cm³/mol. The molecule has 154 valence electrons. The molecule has 6 nitrogen and oxygen atoms in total. The Kier molecular flexibility index (Phi) is 6.99. The van der Waals surface area contributed by atoms with Crippen molar-refractivity contribution in [2.45, 2.75) is 45.9 Å². The number of carbonyl (C=O) groups excluding carboxylic acids is 2. The van der Waals surface area contributed by atoms with Gasteiger partial charge in [-0.25, -0.2) is 4.79 Å². The number of benzene rings is 2. The van der Waals surface area contributed by atoms with Crippen LogP contribution in [0.4, 0.5) is 10.5 Å². The summed E-state index contributed by atoms with van der Waals surface area (Å²) in [6.45, 7) is 5.66. The first kappa shape index (κ1) is 21.0. The summed E-state index contributed by atoms with van der Waals surface area (Å²) in [5.41, 5.74) is 2.63. The molecule has 1 saturated heterocycles. The summed E-state index contributed by atoms with van der Waals surface area (Å²) in [6.07, 6.45) is 1.58. The molecule has 1 heterocycles. The zero-order chi connectivity index (χ0) is 20.8. The van der Waals surface area contributed by atoms with E-state index in [1.807, 2.05) is 43.0 Å². The number of anilines is 1. The van der Waals surface area contributed by atoms with Crippen LogP contribution in [0.3, 0.4) is 0 Å². The molecule has 29 heavy (non-hydrogen) atoms. The van der Waals surface area contributed by atoms with E-state index in [2.05, 4.69) is 10.6 Å². The highest BCUT2D eigenvalue weighted by atomic mass is 35.5. The fraction of sp³-hybridized carbons (Fsp3) is 0.364. The van der Waals surface area contributed by atoms with Crippen LogP contribution >= 0.6 is 11.6 Å². The lowest BCUT2D eigenvalue weighted by atomic mass is 10.1. The van der Waals surface area contributed by atoms with Crippen molar-refractivity contribution in [1.29, 1.82) is 0 Å². The fourth-order valence-electron chi connectivity index (χ4n) is 3.22. The summed E-state index contributed by atoms with van der Waals surface area (Å²) < 4.78 is 5.59. The first-order valence-electron chi connectivity index (χ1n) is 9.77. The minimum Gasteiger partial charge on any atom is -0.489 e. The van der Waals surface area contributed by atoms with Gasteiger partial charge in [-0.3, -0.25) is 4.79 Å². The maximum Gasteiger partial charge on any atom is 0.319 e. The van der Waals surface area contributed by atoms with Crippen molar-refractivity contribution in [3.8, 4) is 5.75 Å². The molecule has 0 atom stereocenters. The maximum atomic E-state index is 12.2. The molecule has 7 heteroatoms. The lowest BCUT2D eigenvalue weighted by Gasteiger charge is -2.16. The van der Waals surface area contributed by atoms with E-state index < -0.39 is 0 Å². The molecule has 0 saturated carbocycles. The lowest BCUT2D eigenvalue weighted by Crippen LogP contribution is -2.28. The number of hydrogen-bond donors (Lipinski definition) is 2. The van der Waals surface area contributed by atoms with Crippen LogP contribution in [0.15, 0.2) is 42.5 Å². The SMILES string of the molecule is CC(C)Oc1ccc(NC(=O)NCc2cccc(CN3CCCC3=O)c2)cc1Cl. The summed E-state index contributed by atoms with van der Waals surface area (Å²) in [5.74, 6) is 0.789. The highest BCUT2D eigenvalue weighted by Gasteiger charge is 2.19. The molecular formula is C22H26ClN3O3. The predicted octanol–water partition coefficient (Wildman–Crippen LogP) is 4.57. The highest BCUT2D eigenvalue weighted by Crippen LogP contribution is 2.28. The number of amides is 3. The first-order chi connectivity index (χ1) is 13.9. The molecule has 0 aliphatic carbocycles. The quantitative estimate of drug-likeness (QED) is 0.695. The topological polar surface area (TPSA) is 70.7 Å². The average Bonchev–Trinajstić information content (AvgIpc) is 3.07. The van der Waals surface area contributed by atoms with E-state index in [0.717, 1.165) is 24.1 Å². The van der Waals surface area contributed by atoms with Gasteiger partial charge in [-0.1, -0.05) is 35.9 Å². The van der Waals surface area contributed by atoms with Crippen molar-refractivity contribution in [3.63, 3.8) is 0 Å². The molecule has 1 aliphatic rings. The Morgan fingerprint density at radius 2 is 2.00 bits per heavy atom. The molecule has 0 spiro atoms. The van der Waals surface area contributed by atoms with Crippen molar-refractivity contribution in [3.05, 3.63) is 58.6 Å². The van der Waals surface area contributed by atoms with Gasteiger partial charge in [0, 0.05) is 31.7 Å². The van der Waals surface area contributed by atoms with Crippen molar-refractivity contribution < 1.29 is 14.3 Å².